The first-order valence-electron chi connectivity index (χ1n) is 6.82. The summed E-state index contributed by atoms with van der Waals surface area (Å²) in [7, 11) is 0. The average molecular weight is 386 g/mol. The lowest BCUT2D eigenvalue weighted by atomic mass is 9.50. The molecule has 2 rings (SSSR count). The van der Waals surface area contributed by atoms with E-state index in [2.05, 4.69) is 4.98 Å². The van der Waals surface area contributed by atoms with E-state index in [0.29, 0.717) is 0 Å². The van der Waals surface area contributed by atoms with Crippen LogP contribution in [0.5, 0.6) is 5.75 Å². The van der Waals surface area contributed by atoms with Gasteiger partial charge < -0.3 is 10.5 Å². The smallest absolute Gasteiger partial charge is 0.419 e. The third-order valence-corrected chi connectivity index (χ3v) is 4.48. The predicted molar refractivity (Wildman–Crippen MR) is 88.4 cm³/mol. The van der Waals surface area contributed by atoms with Crippen LogP contribution in [-0.2, 0) is 6.18 Å². The van der Waals surface area contributed by atoms with Crippen molar-refractivity contribution in [3.8, 4) is 11.8 Å². The Morgan fingerprint density at radius 2 is 1.71 bits per heavy atom. The summed E-state index contributed by atoms with van der Waals surface area (Å²) in [6, 6.07) is 2.14. The van der Waals surface area contributed by atoms with Crippen LogP contribution in [0.15, 0.2) is 12.3 Å². The highest BCUT2D eigenvalue weighted by Gasteiger charge is 2.62. The van der Waals surface area contributed by atoms with Crippen LogP contribution in [-0.4, -0.2) is 17.1 Å². The first-order chi connectivity index (χ1) is 9.92. The molecule has 1 saturated carbocycles. The molecule has 0 radical (unpaired) electrons. The number of aromatic nitrogens is 1. The number of ether oxygens (including phenoxy) is 1. The minimum atomic E-state index is -4.65. The van der Waals surface area contributed by atoms with Crippen LogP contribution < -0.4 is 10.5 Å². The van der Waals surface area contributed by atoms with Gasteiger partial charge in [-0.2, -0.15) is 18.4 Å². The summed E-state index contributed by atoms with van der Waals surface area (Å²) in [5.74, 6) is -0.00984. The Balaban J connectivity index is 0.00000264. The zero-order valence-corrected chi connectivity index (χ0v) is 15.3. The largest absolute Gasteiger partial charge is 0.488 e. The minimum absolute atomic E-state index is 0. The van der Waals surface area contributed by atoms with Gasteiger partial charge in [0.25, 0.3) is 0 Å². The van der Waals surface area contributed by atoms with Crippen LogP contribution in [0.25, 0.3) is 0 Å². The lowest BCUT2D eigenvalue weighted by molar-refractivity contribution is -0.156. The van der Waals surface area contributed by atoms with Gasteiger partial charge in [-0.25, -0.2) is 4.98 Å². The first kappa shape index (κ1) is 22.8. The molecule has 24 heavy (non-hydrogen) atoms. The van der Waals surface area contributed by atoms with Crippen molar-refractivity contribution in [1.29, 1.82) is 5.26 Å². The van der Waals surface area contributed by atoms with Crippen molar-refractivity contribution >= 4 is 24.8 Å². The van der Waals surface area contributed by atoms with Crippen molar-refractivity contribution in [2.45, 2.75) is 46.0 Å². The van der Waals surface area contributed by atoms with Gasteiger partial charge in [-0.05, 0) is 6.07 Å². The molecule has 0 aliphatic heterocycles. The van der Waals surface area contributed by atoms with Gasteiger partial charge in [-0.15, -0.1) is 24.8 Å². The zero-order chi connectivity index (χ0) is 16.9. The molecule has 0 saturated heterocycles. The van der Waals surface area contributed by atoms with Gasteiger partial charge in [0.2, 0.25) is 0 Å². The highest BCUT2D eigenvalue weighted by molar-refractivity contribution is 5.85. The number of hydrogen-bond acceptors (Lipinski definition) is 4. The maximum atomic E-state index is 12.9. The van der Waals surface area contributed by atoms with E-state index < -0.39 is 17.4 Å². The third kappa shape index (κ3) is 3.56. The van der Waals surface area contributed by atoms with Gasteiger partial charge >= 0.3 is 6.18 Å². The molecule has 1 aromatic heterocycles. The van der Waals surface area contributed by atoms with Gasteiger partial charge in [-0.1, -0.05) is 27.7 Å². The molecule has 4 nitrogen and oxygen atoms in total. The van der Waals surface area contributed by atoms with Crippen LogP contribution in [0.1, 0.15) is 39.0 Å². The number of pyridine rings is 1. The monoisotopic (exact) mass is 385 g/mol. The number of nitrogens with two attached hydrogens (primary N) is 1. The van der Waals surface area contributed by atoms with Crippen LogP contribution in [0.2, 0.25) is 0 Å². The molecule has 0 amide bonds. The fourth-order valence-electron chi connectivity index (χ4n) is 3.40. The third-order valence-electron chi connectivity index (χ3n) is 4.48. The topological polar surface area (TPSA) is 71.9 Å². The molecule has 2 N–H and O–H groups in total. The van der Waals surface area contributed by atoms with Gasteiger partial charge in [0, 0.05) is 16.9 Å². The lowest BCUT2D eigenvalue weighted by Crippen LogP contribution is -2.72. The minimum Gasteiger partial charge on any atom is -0.488 e. The standard InChI is InChI=1S/C15H18F3N3O.2ClH/c1-13(2)11(20)14(3,4)12(13)22-8-5-9(15(16,17)18)10(6-19)21-7-8;;/h5,7,11-12H,20H2,1-4H3;2*1H. The first-order valence-corrected chi connectivity index (χ1v) is 6.82. The molecule has 0 bridgehead atoms. The number of hydrogen-bond donors (Lipinski definition) is 1. The normalized spacial score (nSPS) is 23.8. The van der Waals surface area contributed by atoms with Gasteiger partial charge in [-0.3, -0.25) is 0 Å². The van der Waals surface area contributed by atoms with Crippen molar-refractivity contribution in [3.05, 3.63) is 23.5 Å². The molecule has 0 aromatic carbocycles. The molecule has 1 fully saturated rings. The summed E-state index contributed by atoms with van der Waals surface area (Å²) in [5.41, 5.74) is 3.62. The molecule has 1 heterocycles. The summed E-state index contributed by atoms with van der Waals surface area (Å²) in [5, 5.41) is 8.74. The summed E-state index contributed by atoms with van der Waals surface area (Å²) < 4.78 is 44.6. The number of alkyl halides is 3. The Kier molecular flexibility index (Phi) is 6.59. The van der Waals surface area contributed by atoms with Crippen molar-refractivity contribution in [2.75, 3.05) is 0 Å². The van der Waals surface area contributed by atoms with E-state index in [9.17, 15) is 13.2 Å². The second-order valence-corrected chi connectivity index (χ2v) is 6.80. The predicted octanol–water partition coefficient (Wildman–Crippen LogP) is 3.96. The summed E-state index contributed by atoms with van der Waals surface area (Å²) in [4.78, 5) is 3.55. The van der Waals surface area contributed by atoms with Gasteiger partial charge in [0.1, 0.15) is 17.9 Å². The van der Waals surface area contributed by atoms with Crippen molar-refractivity contribution in [3.63, 3.8) is 0 Å². The Bertz CT molecular complexity index is 626. The Morgan fingerprint density at radius 3 is 2.12 bits per heavy atom. The van der Waals surface area contributed by atoms with E-state index in [0.717, 1.165) is 12.3 Å². The number of halogens is 5. The fraction of sp³-hybridized carbons (Fsp3) is 0.600. The molecular weight excluding hydrogens is 366 g/mol. The maximum Gasteiger partial charge on any atom is 0.419 e. The quantitative estimate of drug-likeness (QED) is 0.835. The number of rotatable bonds is 2. The highest BCUT2D eigenvalue weighted by atomic mass is 35.5. The van der Waals surface area contributed by atoms with E-state index >= 15 is 0 Å². The van der Waals surface area contributed by atoms with Crippen molar-refractivity contribution < 1.29 is 17.9 Å². The van der Waals surface area contributed by atoms with Crippen molar-refractivity contribution in [1.82, 2.24) is 4.98 Å². The van der Waals surface area contributed by atoms with Crippen molar-refractivity contribution in [2.24, 2.45) is 16.6 Å². The molecule has 136 valence electrons. The van der Waals surface area contributed by atoms with E-state index in [1.807, 2.05) is 27.7 Å². The van der Waals surface area contributed by atoms with Crippen LogP contribution >= 0.6 is 24.8 Å². The van der Waals surface area contributed by atoms with Crippen LogP contribution in [0, 0.1) is 22.2 Å². The second kappa shape index (κ2) is 6.95. The fourth-order valence-corrected chi connectivity index (χ4v) is 3.40. The summed E-state index contributed by atoms with van der Waals surface area (Å²) in [6.07, 6.45) is -3.85. The Labute approximate surface area is 151 Å². The van der Waals surface area contributed by atoms with E-state index in [1.165, 1.54) is 6.07 Å². The maximum absolute atomic E-state index is 12.9. The molecule has 1 aromatic rings. The molecule has 0 unspecified atom stereocenters. The highest BCUT2D eigenvalue weighted by Crippen LogP contribution is 2.54. The number of nitriles is 1. The lowest BCUT2D eigenvalue weighted by Gasteiger charge is -2.61. The average Bonchev–Trinajstić information content (AvgIpc) is 2.42. The van der Waals surface area contributed by atoms with Gasteiger partial charge in [0.05, 0.1) is 11.8 Å². The SMILES string of the molecule is CC1(C)C(N)C(C)(C)C1Oc1cnc(C#N)c(C(F)(F)F)c1.Cl.Cl. The van der Waals surface area contributed by atoms with Crippen LogP contribution in [0.3, 0.4) is 0 Å². The van der Waals surface area contributed by atoms with Crippen LogP contribution in [0.4, 0.5) is 13.2 Å². The molecule has 1 aliphatic carbocycles. The second-order valence-electron chi connectivity index (χ2n) is 6.80. The van der Waals surface area contributed by atoms with E-state index in [-0.39, 0.29) is 53.5 Å². The molecule has 0 spiro atoms. The van der Waals surface area contributed by atoms with E-state index in [1.54, 1.807) is 0 Å². The molecule has 1 aliphatic rings. The zero-order valence-electron chi connectivity index (χ0n) is 13.6. The van der Waals surface area contributed by atoms with E-state index in [4.69, 9.17) is 15.7 Å². The molecule has 0 atom stereocenters. The Morgan fingerprint density at radius 1 is 1.21 bits per heavy atom. The summed E-state index contributed by atoms with van der Waals surface area (Å²) >= 11 is 0. The molecule has 9 heteroatoms. The van der Waals surface area contributed by atoms with Gasteiger partial charge in [0.15, 0.2) is 5.69 Å². The number of nitrogens with zero attached hydrogens (tertiary/aromatic N) is 2. The Hall–Kier alpha value is -1.23. The molecular formula is C15H20Cl2F3N3O. The summed E-state index contributed by atoms with van der Waals surface area (Å²) in [6.45, 7) is 7.65.